The number of ether oxygens (including phenoxy) is 1. The summed E-state index contributed by atoms with van der Waals surface area (Å²) in [7, 11) is -3.87. The zero-order valence-electron chi connectivity index (χ0n) is 14.9. The predicted molar refractivity (Wildman–Crippen MR) is 101 cm³/mol. The van der Waals surface area contributed by atoms with E-state index in [9.17, 15) is 34.8 Å². The number of nitrogens with zero attached hydrogens (tertiary/aromatic N) is 2. The highest BCUT2D eigenvalue weighted by Crippen LogP contribution is 2.28. The molecule has 1 saturated heterocycles. The van der Waals surface area contributed by atoms with Crippen LogP contribution >= 0.6 is 24.0 Å². The molecule has 15 heteroatoms. The van der Waals surface area contributed by atoms with Crippen LogP contribution in [0, 0.1) is 0 Å². The summed E-state index contributed by atoms with van der Waals surface area (Å²) in [5.41, 5.74) is -5.32. The number of guanidine groups is 1. The van der Waals surface area contributed by atoms with Crippen molar-refractivity contribution in [3.8, 4) is 0 Å². The van der Waals surface area contributed by atoms with E-state index < -0.39 is 28.3 Å². The van der Waals surface area contributed by atoms with Gasteiger partial charge in [-0.15, -0.1) is 24.0 Å². The molecule has 0 aromatic carbocycles. The minimum Gasteiger partial charge on any atom is -0.372 e. The van der Waals surface area contributed by atoms with Gasteiger partial charge in [-0.1, -0.05) is 0 Å². The van der Waals surface area contributed by atoms with Gasteiger partial charge in [-0.2, -0.15) is 30.6 Å². The molecule has 0 aliphatic carbocycles. The summed E-state index contributed by atoms with van der Waals surface area (Å²) in [6.07, 6.45) is -3.77. The smallest absolute Gasteiger partial charge is 0.372 e. The Morgan fingerprint density at radius 1 is 1.18 bits per heavy atom. The van der Waals surface area contributed by atoms with Crippen molar-refractivity contribution >= 4 is 40.0 Å². The maximum Gasteiger partial charge on any atom is 0.511 e. The molecule has 1 aliphatic heterocycles. The molecular weight excluding hydrogens is 533 g/mol. The lowest BCUT2D eigenvalue weighted by Crippen LogP contribution is -2.51. The van der Waals surface area contributed by atoms with Gasteiger partial charge in [0.2, 0.25) is 0 Å². The summed E-state index contributed by atoms with van der Waals surface area (Å²) in [4.78, 5) is 3.91. The molecular formula is C13H23F6IN4O3S. The second-order valence-corrected chi connectivity index (χ2v) is 7.72. The molecule has 1 rings (SSSR count). The van der Waals surface area contributed by atoms with Crippen molar-refractivity contribution in [2.45, 2.75) is 37.0 Å². The van der Waals surface area contributed by atoms with Gasteiger partial charge in [-0.3, -0.25) is 4.99 Å². The van der Waals surface area contributed by atoms with Gasteiger partial charge in [0.1, 0.15) is 6.61 Å². The van der Waals surface area contributed by atoms with Crippen LogP contribution in [0.25, 0.3) is 0 Å². The molecule has 0 unspecified atom stereocenters. The van der Waals surface area contributed by atoms with E-state index in [1.807, 2.05) is 0 Å². The molecule has 1 fully saturated rings. The molecule has 0 spiro atoms. The largest absolute Gasteiger partial charge is 0.511 e. The Labute approximate surface area is 176 Å². The van der Waals surface area contributed by atoms with Crippen molar-refractivity contribution in [3.63, 3.8) is 0 Å². The third-order valence-corrected chi connectivity index (χ3v) is 5.30. The molecule has 0 atom stereocenters. The average molecular weight is 556 g/mol. The fraction of sp³-hybridized carbons (Fsp3) is 0.923. The lowest BCUT2D eigenvalue weighted by atomic mass is 10.1. The summed E-state index contributed by atoms with van der Waals surface area (Å²) in [6, 6.07) is -0.280. The highest BCUT2D eigenvalue weighted by Gasteiger charge is 2.50. The normalized spacial score (nSPS) is 17.9. The fourth-order valence-electron chi connectivity index (χ4n) is 2.34. The lowest BCUT2D eigenvalue weighted by Gasteiger charge is -2.32. The highest BCUT2D eigenvalue weighted by molar-refractivity contribution is 14.0. The number of aliphatic imine (C=N–C) groups is 1. The van der Waals surface area contributed by atoms with Gasteiger partial charge in [0.05, 0.1) is 0 Å². The SMILES string of the molecule is CN=C(NCCCOCC(F)(F)F)NC1CCN(S(=O)(=O)C(F)(F)F)CC1.I. The first-order valence-electron chi connectivity index (χ1n) is 8.05. The quantitative estimate of drug-likeness (QED) is 0.165. The van der Waals surface area contributed by atoms with E-state index >= 15 is 0 Å². The number of nitrogens with one attached hydrogen (secondary N) is 2. The van der Waals surface area contributed by atoms with Crippen molar-refractivity contribution in [2.75, 3.05) is 39.9 Å². The number of sulfonamides is 1. The molecule has 0 saturated carbocycles. The number of halogens is 7. The van der Waals surface area contributed by atoms with Crippen LogP contribution in [0.15, 0.2) is 4.99 Å². The number of piperidine rings is 1. The van der Waals surface area contributed by atoms with Gasteiger partial charge in [-0.25, -0.2) is 8.42 Å². The summed E-state index contributed by atoms with van der Waals surface area (Å²) < 4.78 is 101. The van der Waals surface area contributed by atoms with Gasteiger partial charge >= 0.3 is 21.7 Å². The van der Waals surface area contributed by atoms with E-state index in [1.54, 1.807) is 0 Å². The Morgan fingerprint density at radius 3 is 2.21 bits per heavy atom. The molecule has 0 amide bonds. The minimum atomic E-state index is -5.32. The maximum absolute atomic E-state index is 12.5. The Balaban J connectivity index is 0.00000729. The zero-order chi connectivity index (χ0) is 20.7. The van der Waals surface area contributed by atoms with E-state index in [2.05, 4.69) is 20.4 Å². The third-order valence-electron chi connectivity index (χ3n) is 3.67. The number of hydrogen-bond donors (Lipinski definition) is 2. The van der Waals surface area contributed by atoms with Crippen molar-refractivity contribution in [3.05, 3.63) is 0 Å². The zero-order valence-corrected chi connectivity index (χ0v) is 18.1. The van der Waals surface area contributed by atoms with Crippen molar-refractivity contribution in [1.82, 2.24) is 14.9 Å². The molecule has 0 aromatic rings. The molecule has 0 bridgehead atoms. The second-order valence-electron chi connectivity index (χ2n) is 5.79. The minimum absolute atomic E-state index is 0. The van der Waals surface area contributed by atoms with E-state index in [4.69, 9.17) is 0 Å². The first kappa shape index (κ1) is 27.5. The highest BCUT2D eigenvalue weighted by atomic mass is 127. The van der Waals surface area contributed by atoms with Gasteiger partial charge in [0, 0.05) is 39.3 Å². The topological polar surface area (TPSA) is 83.0 Å². The number of hydrogen-bond acceptors (Lipinski definition) is 4. The fourth-order valence-corrected chi connectivity index (χ4v) is 3.33. The van der Waals surface area contributed by atoms with Crippen molar-refractivity contribution in [2.24, 2.45) is 4.99 Å². The van der Waals surface area contributed by atoms with E-state index in [0.717, 1.165) is 0 Å². The van der Waals surface area contributed by atoms with Gasteiger partial charge < -0.3 is 15.4 Å². The van der Waals surface area contributed by atoms with Gasteiger partial charge in [-0.05, 0) is 19.3 Å². The summed E-state index contributed by atoms with van der Waals surface area (Å²) >= 11 is 0. The molecule has 1 heterocycles. The number of rotatable bonds is 7. The lowest BCUT2D eigenvalue weighted by molar-refractivity contribution is -0.173. The molecule has 28 heavy (non-hydrogen) atoms. The van der Waals surface area contributed by atoms with Gasteiger partial charge in [0.25, 0.3) is 0 Å². The average Bonchev–Trinajstić information content (AvgIpc) is 2.55. The van der Waals surface area contributed by atoms with E-state index in [0.29, 0.717) is 16.7 Å². The van der Waals surface area contributed by atoms with E-state index in [-0.39, 0.29) is 69.1 Å². The molecule has 2 N–H and O–H groups in total. The van der Waals surface area contributed by atoms with Gasteiger partial charge in [0.15, 0.2) is 5.96 Å². The van der Waals surface area contributed by atoms with Crippen LogP contribution in [0.5, 0.6) is 0 Å². The first-order valence-corrected chi connectivity index (χ1v) is 9.49. The maximum atomic E-state index is 12.5. The summed E-state index contributed by atoms with van der Waals surface area (Å²) in [5.74, 6) is 0.322. The Morgan fingerprint density at radius 2 is 1.75 bits per heavy atom. The molecule has 0 radical (unpaired) electrons. The third kappa shape index (κ3) is 9.30. The monoisotopic (exact) mass is 556 g/mol. The molecule has 168 valence electrons. The van der Waals surface area contributed by atoms with Crippen LogP contribution in [0.3, 0.4) is 0 Å². The second kappa shape index (κ2) is 11.6. The Kier molecular flexibility index (Phi) is 11.4. The summed E-state index contributed by atoms with van der Waals surface area (Å²) in [5, 5.41) is 5.79. The summed E-state index contributed by atoms with van der Waals surface area (Å²) in [6.45, 7) is -1.70. The Hall–Kier alpha value is -0.550. The molecule has 7 nitrogen and oxygen atoms in total. The molecule has 1 aliphatic rings. The van der Waals surface area contributed by atoms with Crippen molar-refractivity contribution < 1.29 is 39.5 Å². The van der Waals surface area contributed by atoms with Crippen LogP contribution in [0.2, 0.25) is 0 Å². The van der Waals surface area contributed by atoms with Crippen LogP contribution in [-0.2, 0) is 14.8 Å². The van der Waals surface area contributed by atoms with Crippen LogP contribution in [0.1, 0.15) is 19.3 Å². The van der Waals surface area contributed by atoms with Crippen LogP contribution in [-0.4, -0.2) is 76.3 Å². The predicted octanol–water partition coefficient (Wildman–Crippen LogP) is 2.05. The number of alkyl halides is 6. The van der Waals surface area contributed by atoms with Crippen LogP contribution in [0.4, 0.5) is 26.3 Å². The standard InChI is InChI=1S/C13H22F6N4O3S.HI/c1-20-11(21-5-2-8-26-9-12(14,15)16)22-10-3-6-23(7-4-10)27(24,25)13(17,18)19;/h10H,2-9H2,1H3,(H2,20,21,22);1H. The molecule has 0 aromatic heterocycles. The van der Waals surface area contributed by atoms with Crippen LogP contribution < -0.4 is 10.6 Å². The van der Waals surface area contributed by atoms with Crippen molar-refractivity contribution in [1.29, 1.82) is 0 Å². The first-order chi connectivity index (χ1) is 12.4. The Bertz CT molecular complexity index is 592. The van der Waals surface area contributed by atoms with E-state index in [1.165, 1.54) is 7.05 Å².